The minimum Gasteiger partial charge on any atom is -0.466 e. The summed E-state index contributed by atoms with van der Waals surface area (Å²) in [6.07, 6.45) is 3.08. The van der Waals surface area contributed by atoms with Crippen LogP contribution in [0.2, 0.25) is 0 Å². The molecule has 0 saturated carbocycles. The average Bonchev–Trinajstić information content (AvgIpc) is 2.50. The standard InChI is InChI=1S/C8H13NO3S/c1-3-7(9)8-4-6(5-12-8)13(2,10)11/h4-5,7H,3,9H2,1-2H3/t7-/m0/s1. The number of sulfone groups is 1. The number of hydrogen-bond acceptors (Lipinski definition) is 4. The Hall–Kier alpha value is -0.810. The first-order chi connectivity index (χ1) is 5.95. The Morgan fingerprint density at radius 1 is 1.62 bits per heavy atom. The van der Waals surface area contributed by atoms with Crippen molar-refractivity contribution in [2.45, 2.75) is 24.3 Å². The minimum atomic E-state index is -3.17. The van der Waals surface area contributed by atoms with Crippen molar-refractivity contribution in [1.29, 1.82) is 0 Å². The molecule has 0 spiro atoms. The molecule has 0 amide bonds. The Bertz CT molecular complexity index is 380. The fraction of sp³-hybridized carbons (Fsp3) is 0.500. The van der Waals surface area contributed by atoms with Gasteiger partial charge in [0.25, 0.3) is 0 Å². The fourth-order valence-corrected chi connectivity index (χ4v) is 1.48. The van der Waals surface area contributed by atoms with Gasteiger partial charge in [0, 0.05) is 6.26 Å². The zero-order valence-electron chi connectivity index (χ0n) is 7.65. The molecule has 1 atom stereocenters. The zero-order chi connectivity index (χ0) is 10.1. The molecule has 0 aliphatic heterocycles. The highest BCUT2D eigenvalue weighted by Gasteiger charge is 2.14. The molecule has 0 aliphatic rings. The number of furan rings is 1. The Morgan fingerprint density at radius 2 is 2.23 bits per heavy atom. The maximum absolute atomic E-state index is 11.1. The molecule has 0 bridgehead atoms. The van der Waals surface area contributed by atoms with Crippen molar-refractivity contribution >= 4 is 9.84 Å². The number of rotatable bonds is 3. The Kier molecular flexibility index (Phi) is 2.77. The first-order valence-corrected chi connectivity index (χ1v) is 5.88. The smallest absolute Gasteiger partial charge is 0.178 e. The van der Waals surface area contributed by atoms with Gasteiger partial charge in [0.05, 0.1) is 6.04 Å². The lowest BCUT2D eigenvalue weighted by Gasteiger charge is -2.01. The van der Waals surface area contributed by atoms with E-state index in [1.54, 1.807) is 0 Å². The molecule has 1 heterocycles. The molecule has 74 valence electrons. The van der Waals surface area contributed by atoms with E-state index in [-0.39, 0.29) is 10.9 Å². The van der Waals surface area contributed by atoms with Gasteiger partial charge in [-0.05, 0) is 12.5 Å². The molecule has 1 rings (SSSR count). The lowest BCUT2D eigenvalue weighted by molar-refractivity contribution is 0.458. The SMILES string of the molecule is CC[C@H](N)c1cc(S(C)(=O)=O)co1. The number of nitrogens with two attached hydrogens (primary N) is 1. The summed E-state index contributed by atoms with van der Waals surface area (Å²) in [6.45, 7) is 1.91. The van der Waals surface area contributed by atoms with Crippen molar-refractivity contribution in [2.75, 3.05) is 6.26 Å². The highest BCUT2D eigenvalue weighted by molar-refractivity contribution is 7.90. The van der Waals surface area contributed by atoms with Gasteiger partial charge in [-0.15, -0.1) is 0 Å². The van der Waals surface area contributed by atoms with Crippen LogP contribution in [0, 0.1) is 0 Å². The van der Waals surface area contributed by atoms with Crippen molar-refractivity contribution in [3.63, 3.8) is 0 Å². The third kappa shape index (κ3) is 2.32. The third-order valence-corrected chi connectivity index (χ3v) is 2.90. The van der Waals surface area contributed by atoms with Crippen molar-refractivity contribution in [3.05, 3.63) is 18.1 Å². The molecule has 0 unspecified atom stereocenters. The van der Waals surface area contributed by atoms with Gasteiger partial charge in [0.2, 0.25) is 0 Å². The zero-order valence-corrected chi connectivity index (χ0v) is 8.47. The van der Waals surface area contributed by atoms with E-state index < -0.39 is 9.84 Å². The van der Waals surface area contributed by atoms with Gasteiger partial charge in [-0.25, -0.2) is 8.42 Å². The Morgan fingerprint density at radius 3 is 2.62 bits per heavy atom. The molecule has 1 aromatic rings. The molecule has 13 heavy (non-hydrogen) atoms. The first-order valence-electron chi connectivity index (χ1n) is 3.99. The Balaban J connectivity index is 3.00. The summed E-state index contributed by atoms with van der Waals surface area (Å²) in [4.78, 5) is 0.186. The molecule has 5 heteroatoms. The molecule has 0 fully saturated rings. The highest BCUT2D eigenvalue weighted by atomic mass is 32.2. The van der Waals surface area contributed by atoms with Crippen LogP contribution in [0.25, 0.3) is 0 Å². The normalized spacial score (nSPS) is 14.4. The van der Waals surface area contributed by atoms with Crippen molar-refractivity contribution in [1.82, 2.24) is 0 Å². The average molecular weight is 203 g/mol. The number of hydrogen-bond donors (Lipinski definition) is 1. The predicted molar refractivity (Wildman–Crippen MR) is 49.0 cm³/mol. The maximum Gasteiger partial charge on any atom is 0.178 e. The molecule has 1 aromatic heterocycles. The topological polar surface area (TPSA) is 73.3 Å². The van der Waals surface area contributed by atoms with Gasteiger partial charge in [-0.2, -0.15) is 0 Å². The van der Waals surface area contributed by atoms with E-state index in [0.717, 1.165) is 12.7 Å². The van der Waals surface area contributed by atoms with Crippen LogP contribution in [0.3, 0.4) is 0 Å². The first kappa shape index (κ1) is 10.3. The van der Waals surface area contributed by atoms with Crippen LogP contribution < -0.4 is 5.73 Å². The van der Waals surface area contributed by atoms with Gasteiger partial charge in [-0.3, -0.25) is 0 Å². The van der Waals surface area contributed by atoms with E-state index in [0.29, 0.717) is 5.76 Å². The van der Waals surface area contributed by atoms with Crippen LogP contribution in [-0.4, -0.2) is 14.7 Å². The van der Waals surface area contributed by atoms with Crippen LogP contribution in [-0.2, 0) is 9.84 Å². The summed E-state index contributed by atoms with van der Waals surface area (Å²) in [5, 5.41) is 0. The summed E-state index contributed by atoms with van der Waals surface area (Å²) < 4.78 is 27.2. The quantitative estimate of drug-likeness (QED) is 0.798. The highest BCUT2D eigenvalue weighted by Crippen LogP contribution is 2.19. The largest absolute Gasteiger partial charge is 0.466 e. The van der Waals surface area contributed by atoms with Gasteiger partial charge >= 0.3 is 0 Å². The second-order valence-electron chi connectivity index (χ2n) is 2.97. The second kappa shape index (κ2) is 3.51. The van der Waals surface area contributed by atoms with Crippen LogP contribution in [0.1, 0.15) is 25.1 Å². The van der Waals surface area contributed by atoms with Crippen LogP contribution >= 0.6 is 0 Å². The summed E-state index contributed by atoms with van der Waals surface area (Å²) in [5.41, 5.74) is 5.66. The molecular weight excluding hydrogens is 190 g/mol. The van der Waals surface area contributed by atoms with E-state index in [9.17, 15) is 8.42 Å². The molecule has 0 aromatic carbocycles. The van der Waals surface area contributed by atoms with Crippen molar-refractivity contribution in [3.8, 4) is 0 Å². The van der Waals surface area contributed by atoms with Crippen LogP contribution in [0.15, 0.2) is 21.6 Å². The minimum absolute atomic E-state index is 0.186. The van der Waals surface area contributed by atoms with E-state index >= 15 is 0 Å². The van der Waals surface area contributed by atoms with E-state index in [1.165, 1.54) is 12.3 Å². The third-order valence-electron chi connectivity index (χ3n) is 1.83. The summed E-state index contributed by atoms with van der Waals surface area (Å²) in [6, 6.07) is 1.25. The Labute approximate surface area is 77.7 Å². The van der Waals surface area contributed by atoms with Crippen LogP contribution in [0.5, 0.6) is 0 Å². The van der Waals surface area contributed by atoms with E-state index in [1.807, 2.05) is 6.92 Å². The molecule has 4 nitrogen and oxygen atoms in total. The second-order valence-corrected chi connectivity index (χ2v) is 4.99. The summed E-state index contributed by atoms with van der Waals surface area (Å²) >= 11 is 0. The van der Waals surface area contributed by atoms with Gasteiger partial charge in [0.1, 0.15) is 16.9 Å². The summed E-state index contributed by atoms with van der Waals surface area (Å²) in [5.74, 6) is 0.517. The summed E-state index contributed by atoms with van der Waals surface area (Å²) in [7, 11) is -3.17. The van der Waals surface area contributed by atoms with Crippen molar-refractivity contribution < 1.29 is 12.8 Å². The molecular formula is C8H13NO3S. The molecule has 0 radical (unpaired) electrons. The van der Waals surface area contributed by atoms with Gasteiger partial charge in [-0.1, -0.05) is 6.92 Å². The lowest BCUT2D eigenvalue weighted by atomic mass is 10.2. The molecule has 0 saturated heterocycles. The van der Waals surface area contributed by atoms with E-state index in [2.05, 4.69) is 0 Å². The molecule has 2 N–H and O–H groups in total. The van der Waals surface area contributed by atoms with Crippen LogP contribution in [0.4, 0.5) is 0 Å². The van der Waals surface area contributed by atoms with E-state index in [4.69, 9.17) is 10.2 Å². The van der Waals surface area contributed by atoms with Gasteiger partial charge in [0.15, 0.2) is 9.84 Å². The van der Waals surface area contributed by atoms with Gasteiger partial charge < -0.3 is 10.2 Å². The maximum atomic E-state index is 11.1. The van der Waals surface area contributed by atoms with Crippen molar-refractivity contribution in [2.24, 2.45) is 5.73 Å². The monoisotopic (exact) mass is 203 g/mol. The lowest BCUT2D eigenvalue weighted by Crippen LogP contribution is -2.07. The predicted octanol–water partition coefficient (Wildman–Crippen LogP) is 1.09. The fourth-order valence-electron chi connectivity index (χ4n) is 0.924. The molecule has 0 aliphatic carbocycles.